The Morgan fingerprint density at radius 1 is 1.21 bits per heavy atom. The smallest absolute Gasteiger partial charge is 0.343 e. The number of nitrogens with one attached hydrogen (secondary N) is 1. The van der Waals surface area contributed by atoms with Crippen molar-refractivity contribution >= 4 is 35.2 Å². The number of nitrogens with zero attached hydrogens (tertiary/aromatic N) is 1. The number of carbonyl (C=O) groups is 2. The van der Waals surface area contributed by atoms with E-state index in [4.69, 9.17) is 16.3 Å². The zero-order valence-electron chi connectivity index (χ0n) is 15.7. The minimum Gasteiger partial charge on any atom is -0.481 e. The lowest BCUT2D eigenvalue weighted by Crippen LogP contribution is -2.14. The summed E-state index contributed by atoms with van der Waals surface area (Å²) in [5.41, 5.74) is 2.54. The van der Waals surface area contributed by atoms with Crippen molar-refractivity contribution in [2.75, 3.05) is 19.0 Å². The lowest BCUT2D eigenvalue weighted by atomic mass is 10.0. The van der Waals surface area contributed by atoms with Crippen LogP contribution in [0.3, 0.4) is 0 Å². The second-order valence-electron chi connectivity index (χ2n) is 5.95. The fourth-order valence-electron chi connectivity index (χ4n) is 2.55. The number of hydrogen-bond acceptors (Lipinski definition) is 5. The minimum atomic E-state index is -0.558. The fourth-order valence-corrected chi connectivity index (χ4v) is 2.74. The van der Waals surface area contributed by atoms with Crippen LogP contribution in [-0.4, -0.2) is 25.6 Å². The maximum absolute atomic E-state index is 12.4. The summed E-state index contributed by atoms with van der Waals surface area (Å²) < 4.78 is 10.1. The molecule has 1 N–H and O–H groups in total. The second kappa shape index (κ2) is 9.58. The standard InChI is InChI=1S/C21H19ClN2O4/c1-13-8-15(9-14(2)20(13)28-12-19(25)27-3)10-16(11-23)21(26)24-18-7-5-4-6-17(18)22/h4-10H,12H2,1-3H3,(H,24,26)/b16-10-. The number of nitriles is 1. The lowest BCUT2D eigenvalue weighted by Gasteiger charge is -2.12. The third kappa shape index (κ3) is 5.35. The molecule has 28 heavy (non-hydrogen) atoms. The predicted octanol–water partition coefficient (Wildman–Crippen LogP) is 4.05. The number of aryl methyl sites for hydroxylation is 2. The maximum Gasteiger partial charge on any atom is 0.343 e. The Morgan fingerprint density at radius 3 is 2.43 bits per heavy atom. The molecule has 2 rings (SSSR count). The molecule has 144 valence electrons. The van der Waals surface area contributed by atoms with Crippen LogP contribution in [-0.2, 0) is 14.3 Å². The normalized spacial score (nSPS) is 10.8. The Labute approximate surface area is 168 Å². The topological polar surface area (TPSA) is 88.4 Å². The van der Waals surface area contributed by atoms with E-state index >= 15 is 0 Å². The van der Waals surface area contributed by atoms with Gasteiger partial charge in [0.15, 0.2) is 6.61 Å². The zero-order valence-corrected chi connectivity index (χ0v) is 16.5. The van der Waals surface area contributed by atoms with Gasteiger partial charge in [-0.2, -0.15) is 5.26 Å². The lowest BCUT2D eigenvalue weighted by molar-refractivity contribution is -0.142. The molecular weight excluding hydrogens is 380 g/mol. The van der Waals surface area contributed by atoms with E-state index in [1.807, 2.05) is 19.9 Å². The number of halogens is 1. The van der Waals surface area contributed by atoms with Crippen molar-refractivity contribution in [1.82, 2.24) is 0 Å². The van der Waals surface area contributed by atoms with Gasteiger partial charge < -0.3 is 14.8 Å². The molecule has 0 saturated heterocycles. The summed E-state index contributed by atoms with van der Waals surface area (Å²) in [6.45, 7) is 3.43. The second-order valence-corrected chi connectivity index (χ2v) is 6.36. The van der Waals surface area contributed by atoms with Gasteiger partial charge in [0.25, 0.3) is 5.91 Å². The monoisotopic (exact) mass is 398 g/mol. The molecule has 0 radical (unpaired) electrons. The summed E-state index contributed by atoms with van der Waals surface area (Å²) in [6, 6.07) is 12.2. The van der Waals surface area contributed by atoms with Crippen LogP contribution in [0.4, 0.5) is 5.69 Å². The number of anilines is 1. The molecule has 0 fully saturated rings. The van der Waals surface area contributed by atoms with E-state index < -0.39 is 11.9 Å². The maximum atomic E-state index is 12.4. The molecule has 0 saturated carbocycles. The Morgan fingerprint density at radius 2 is 1.86 bits per heavy atom. The summed E-state index contributed by atoms with van der Waals surface area (Å²) >= 11 is 6.03. The van der Waals surface area contributed by atoms with Crippen molar-refractivity contribution in [3.63, 3.8) is 0 Å². The molecule has 0 unspecified atom stereocenters. The molecule has 2 aromatic rings. The van der Waals surface area contributed by atoms with Gasteiger partial charge in [-0.05, 0) is 60.9 Å². The Hall–Kier alpha value is -3.30. The van der Waals surface area contributed by atoms with E-state index in [0.717, 1.165) is 11.1 Å². The van der Waals surface area contributed by atoms with E-state index in [2.05, 4.69) is 10.1 Å². The number of benzene rings is 2. The van der Waals surface area contributed by atoms with Crippen LogP contribution in [0.15, 0.2) is 42.0 Å². The first kappa shape index (κ1) is 21.0. The summed E-state index contributed by atoms with van der Waals surface area (Å²) in [5, 5.41) is 12.4. The number of para-hydroxylation sites is 1. The van der Waals surface area contributed by atoms with Crippen LogP contribution in [0.5, 0.6) is 5.75 Å². The van der Waals surface area contributed by atoms with Crippen LogP contribution in [0, 0.1) is 25.2 Å². The quantitative estimate of drug-likeness (QED) is 0.450. The van der Waals surface area contributed by atoms with Gasteiger partial charge in [0.2, 0.25) is 0 Å². The average molecular weight is 399 g/mol. The number of rotatable bonds is 6. The van der Waals surface area contributed by atoms with Gasteiger partial charge in [-0.15, -0.1) is 0 Å². The van der Waals surface area contributed by atoms with E-state index in [-0.39, 0.29) is 12.2 Å². The molecule has 0 aliphatic rings. The first-order valence-electron chi connectivity index (χ1n) is 8.34. The highest BCUT2D eigenvalue weighted by Crippen LogP contribution is 2.26. The third-order valence-corrected chi connectivity index (χ3v) is 4.17. The van der Waals surface area contributed by atoms with Crippen LogP contribution < -0.4 is 10.1 Å². The number of carbonyl (C=O) groups excluding carboxylic acids is 2. The number of esters is 1. The first-order chi connectivity index (χ1) is 13.3. The first-order valence-corrected chi connectivity index (χ1v) is 8.72. The molecule has 0 aromatic heterocycles. The van der Waals surface area contributed by atoms with Gasteiger partial charge >= 0.3 is 5.97 Å². The van der Waals surface area contributed by atoms with Gasteiger partial charge in [0, 0.05) is 0 Å². The van der Waals surface area contributed by atoms with Crippen LogP contribution >= 0.6 is 11.6 Å². The average Bonchev–Trinajstić information content (AvgIpc) is 2.66. The highest BCUT2D eigenvalue weighted by molar-refractivity contribution is 6.34. The number of ether oxygens (including phenoxy) is 2. The van der Waals surface area contributed by atoms with E-state index in [1.54, 1.807) is 36.4 Å². The summed E-state index contributed by atoms with van der Waals surface area (Å²) in [6.07, 6.45) is 1.48. The highest BCUT2D eigenvalue weighted by Gasteiger charge is 2.13. The van der Waals surface area contributed by atoms with E-state index in [1.165, 1.54) is 13.2 Å². The van der Waals surface area contributed by atoms with Gasteiger partial charge in [0.1, 0.15) is 17.4 Å². The summed E-state index contributed by atoms with van der Waals surface area (Å²) in [5.74, 6) is -0.482. The van der Waals surface area contributed by atoms with Crippen molar-refractivity contribution in [2.45, 2.75) is 13.8 Å². The van der Waals surface area contributed by atoms with Crippen LogP contribution in [0.2, 0.25) is 5.02 Å². The van der Waals surface area contributed by atoms with Crippen molar-refractivity contribution < 1.29 is 19.1 Å². The molecule has 0 heterocycles. The molecule has 7 heteroatoms. The number of amides is 1. The highest BCUT2D eigenvalue weighted by atomic mass is 35.5. The zero-order chi connectivity index (χ0) is 20.7. The van der Waals surface area contributed by atoms with E-state index in [0.29, 0.717) is 22.0 Å². The molecule has 6 nitrogen and oxygen atoms in total. The minimum absolute atomic E-state index is 0.0676. The SMILES string of the molecule is COC(=O)COc1c(C)cc(/C=C(/C#N)C(=O)Nc2ccccc2Cl)cc1C. The Bertz CT molecular complexity index is 954. The van der Waals surface area contributed by atoms with Crippen molar-refractivity contribution in [1.29, 1.82) is 5.26 Å². The molecule has 2 aromatic carbocycles. The third-order valence-electron chi connectivity index (χ3n) is 3.84. The number of hydrogen-bond donors (Lipinski definition) is 1. The van der Waals surface area contributed by atoms with Crippen molar-refractivity contribution in [3.05, 3.63) is 63.7 Å². The fraction of sp³-hybridized carbons (Fsp3) is 0.190. The Balaban J connectivity index is 2.24. The molecule has 0 bridgehead atoms. The van der Waals surface area contributed by atoms with Gasteiger partial charge in [0.05, 0.1) is 17.8 Å². The van der Waals surface area contributed by atoms with Crippen LogP contribution in [0.25, 0.3) is 6.08 Å². The molecular formula is C21H19ClN2O4. The molecule has 1 amide bonds. The molecule has 0 aliphatic heterocycles. The molecule has 0 spiro atoms. The largest absolute Gasteiger partial charge is 0.481 e. The molecule has 0 atom stereocenters. The summed E-state index contributed by atoms with van der Waals surface area (Å²) in [7, 11) is 1.29. The Kier molecular flexibility index (Phi) is 7.19. The van der Waals surface area contributed by atoms with Gasteiger partial charge in [-0.1, -0.05) is 23.7 Å². The van der Waals surface area contributed by atoms with Crippen molar-refractivity contribution in [3.8, 4) is 11.8 Å². The van der Waals surface area contributed by atoms with E-state index in [9.17, 15) is 14.9 Å². The molecule has 0 aliphatic carbocycles. The van der Waals surface area contributed by atoms with Gasteiger partial charge in [-0.25, -0.2) is 4.79 Å². The van der Waals surface area contributed by atoms with Crippen molar-refractivity contribution in [2.24, 2.45) is 0 Å². The predicted molar refractivity (Wildman–Crippen MR) is 107 cm³/mol. The number of methoxy groups -OCH3 is 1. The van der Waals surface area contributed by atoms with Gasteiger partial charge in [-0.3, -0.25) is 4.79 Å². The van der Waals surface area contributed by atoms with Crippen LogP contribution in [0.1, 0.15) is 16.7 Å². The summed E-state index contributed by atoms with van der Waals surface area (Å²) in [4.78, 5) is 23.7.